The van der Waals surface area contributed by atoms with Crippen molar-refractivity contribution in [3.8, 4) is 11.5 Å². The van der Waals surface area contributed by atoms with Gasteiger partial charge in [-0.15, -0.1) is 0 Å². The van der Waals surface area contributed by atoms with Crippen LogP contribution in [0.3, 0.4) is 0 Å². The summed E-state index contributed by atoms with van der Waals surface area (Å²) in [6.07, 6.45) is 1.20. The maximum Gasteiger partial charge on any atom is 0.160 e. The molecule has 2 saturated heterocycles. The van der Waals surface area contributed by atoms with E-state index in [0.717, 1.165) is 31.1 Å². The van der Waals surface area contributed by atoms with Gasteiger partial charge >= 0.3 is 0 Å². The van der Waals surface area contributed by atoms with Crippen molar-refractivity contribution in [2.24, 2.45) is 0 Å². The Morgan fingerprint density at radius 2 is 1.36 bits per heavy atom. The van der Waals surface area contributed by atoms with E-state index in [2.05, 4.69) is 38.1 Å². The second kappa shape index (κ2) is 10.9. The van der Waals surface area contributed by atoms with Gasteiger partial charge in [0.15, 0.2) is 6.29 Å². The fourth-order valence-corrected chi connectivity index (χ4v) is 3.63. The predicted molar refractivity (Wildman–Crippen MR) is 126 cm³/mol. The standard InChI is InChI=1S/C27H36O6/c1-19(29-17-25-18-32-25)15-30-23-9-5-21(6-10-23)27(3,4)22-7-11-24(12-8-22)31-16-20(2)33-26-13-14-28-26/h5-12,19-20,25-26H,13-18H2,1-4H3. The van der Waals surface area contributed by atoms with Gasteiger partial charge in [0.05, 0.1) is 32.0 Å². The highest BCUT2D eigenvalue weighted by Crippen LogP contribution is 2.33. The molecule has 0 bridgehead atoms. The third-order valence-corrected chi connectivity index (χ3v) is 6.13. The van der Waals surface area contributed by atoms with Crippen LogP contribution in [0.5, 0.6) is 11.5 Å². The molecule has 0 radical (unpaired) electrons. The van der Waals surface area contributed by atoms with Crippen molar-refractivity contribution in [2.75, 3.05) is 33.0 Å². The van der Waals surface area contributed by atoms with Gasteiger partial charge in [0, 0.05) is 11.8 Å². The number of hydrogen-bond donors (Lipinski definition) is 0. The van der Waals surface area contributed by atoms with Gasteiger partial charge in [-0.3, -0.25) is 0 Å². The van der Waals surface area contributed by atoms with Gasteiger partial charge in [-0.2, -0.15) is 0 Å². The SMILES string of the molecule is CC(COc1ccc(C(C)(C)c2ccc(OCC(C)OC3CCO3)cc2)cc1)OCC1CO1. The average molecular weight is 457 g/mol. The molecule has 0 amide bonds. The molecule has 6 heteroatoms. The second-order valence-corrected chi connectivity index (χ2v) is 9.43. The van der Waals surface area contributed by atoms with Crippen LogP contribution in [0.4, 0.5) is 0 Å². The van der Waals surface area contributed by atoms with Crippen molar-refractivity contribution in [3.05, 3.63) is 59.7 Å². The van der Waals surface area contributed by atoms with Crippen LogP contribution in [0.15, 0.2) is 48.5 Å². The first-order valence-electron chi connectivity index (χ1n) is 11.9. The van der Waals surface area contributed by atoms with Crippen LogP contribution in [-0.2, 0) is 24.4 Å². The minimum absolute atomic E-state index is 0.00563. The molecule has 0 spiro atoms. The van der Waals surface area contributed by atoms with Crippen molar-refractivity contribution in [2.45, 2.75) is 64.1 Å². The summed E-state index contributed by atoms with van der Waals surface area (Å²) in [5.74, 6) is 1.69. The van der Waals surface area contributed by atoms with Crippen LogP contribution < -0.4 is 9.47 Å². The van der Waals surface area contributed by atoms with E-state index in [1.807, 2.05) is 38.1 Å². The molecule has 4 rings (SSSR count). The van der Waals surface area contributed by atoms with Crippen LogP contribution in [0.2, 0.25) is 0 Å². The van der Waals surface area contributed by atoms with Crippen LogP contribution in [-0.4, -0.2) is 57.6 Å². The zero-order valence-corrected chi connectivity index (χ0v) is 20.1. The lowest BCUT2D eigenvalue weighted by Gasteiger charge is -2.29. The Morgan fingerprint density at radius 1 is 0.848 bits per heavy atom. The van der Waals surface area contributed by atoms with Gasteiger partial charge < -0.3 is 28.4 Å². The van der Waals surface area contributed by atoms with Crippen molar-refractivity contribution in [3.63, 3.8) is 0 Å². The minimum Gasteiger partial charge on any atom is -0.491 e. The molecule has 0 aromatic heterocycles. The molecule has 0 N–H and O–H groups in total. The Kier molecular flexibility index (Phi) is 7.91. The molecule has 0 saturated carbocycles. The highest BCUT2D eigenvalue weighted by atomic mass is 16.7. The van der Waals surface area contributed by atoms with Crippen LogP contribution in [0, 0.1) is 0 Å². The predicted octanol–water partition coefficient (Wildman–Crippen LogP) is 4.73. The van der Waals surface area contributed by atoms with Gasteiger partial charge in [0.1, 0.15) is 30.8 Å². The number of benzene rings is 2. The molecule has 2 fully saturated rings. The van der Waals surface area contributed by atoms with E-state index in [1.54, 1.807) is 0 Å². The third kappa shape index (κ3) is 6.93. The van der Waals surface area contributed by atoms with Gasteiger partial charge in [-0.1, -0.05) is 38.1 Å². The van der Waals surface area contributed by atoms with Gasteiger partial charge in [0.2, 0.25) is 0 Å². The van der Waals surface area contributed by atoms with E-state index in [-0.39, 0.29) is 30.0 Å². The summed E-state index contributed by atoms with van der Waals surface area (Å²) in [4.78, 5) is 0. The summed E-state index contributed by atoms with van der Waals surface area (Å²) in [7, 11) is 0. The first-order chi connectivity index (χ1) is 15.9. The fraction of sp³-hybridized carbons (Fsp3) is 0.556. The van der Waals surface area contributed by atoms with Crippen molar-refractivity contribution < 1.29 is 28.4 Å². The maximum absolute atomic E-state index is 5.89. The molecule has 180 valence electrons. The molecule has 0 aliphatic carbocycles. The Bertz CT molecular complexity index is 855. The van der Waals surface area contributed by atoms with Gasteiger partial charge in [0.25, 0.3) is 0 Å². The Hall–Kier alpha value is -2.12. The van der Waals surface area contributed by atoms with Crippen molar-refractivity contribution in [1.29, 1.82) is 0 Å². The molecule has 33 heavy (non-hydrogen) atoms. The Morgan fingerprint density at radius 3 is 1.82 bits per heavy atom. The lowest BCUT2D eigenvalue weighted by Crippen LogP contribution is -2.34. The first-order valence-corrected chi connectivity index (χ1v) is 11.9. The number of ether oxygens (including phenoxy) is 6. The van der Waals surface area contributed by atoms with Gasteiger partial charge in [-0.25, -0.2) is 0 Å². The zero-order valence-electron chi connectivity index (χ0n) is 20.1. The topological polar surface area (TPSA) is 58.7 Å². The number of rotatable bonds is 13. The largest absolute Gasteiger partial charge is 0.491 e. The minimum atomic E-state index is -0.143. The van der Waals surface area contributed by atoms with E-state index < -0.39 is 0 Å². The molecular weight excluding hydrogens is 420 g/mol. The third-order valence-electron chi connectivity index (χ3n) is 6.13. The summed E-state index contributed by atoms with van der Waals surface area (Å²) in [6.45, 7) is 11.7. The van der Waals surface area contributed by atoms with Gasteiger partial charge in [-0.05, 0) is 49.2 Å². The number of epoxide rings is 1. The van der Waals surface area contributed by atoms with Crippen molar-refractivity contribution >= 4 is 0 Å². The lowest BCUT2D eigenvalue weighted by atomic mass is 9.78. The van der Waals surface area contributed by atoms with E-state index in [9.17, 15) is 0 Å². The molecule has 4 unspecified atom stereocenters. The van der Waals surface area contributed by atoms with E-state index in [0.29, 0.717) is 19.8 Å². The second-order valence-electron chi connectivity index (χ2n) is 9.43. The normalized spacial score (nSPS) is 21.7. The highest BCUT2D eigenvalue weighted by Gasteiger charge is 2.25. The molecule has 2 aromatic rings. The van der Waals surface area contributed by atoms with Crippen LogP contribution >= 0.6 is 0 Å². The monoisotopic (exact) mass is 456 g/mol. The first kappa shape index (κ1) is 24.0. The smallest absolute Gasteiger partial charge is 0.160 e. The molecule has 2 aromatic carbocycles. The average Bonchev–Trinajstić information content (AvgIpc) is 3.62. The molecule has 2 aliphatic rings. The Balaban J connectivity index is 1.26. The summed E-state index contributed by atoms with van der Waals surface area (Å²) in [5.41, 5.74) is 2.30. The molecule has 2 aliphatic heterocycles. The van der Waals surface area contributed by atoms with Crippen LogP contribution in [0.1, 0.15) is 45.2 Å². The zero-order chi connectivity index (χ0) is 23.3. The number of hydrogen-bond acceptors (Lipinski definition) is 6. The summed E-state index contributed by atoms with van der Waals surface area (Å²) >= 11 is 0. The van der Waals surface area contributed by atoms with E-state index >= 15 is 0 Å². The molecule has 2 heterocycles. The van der Waals surface area contributed by atoms with E-state index in [4.69, 9.17) is 28.4 Å². The summed E-state index contributed by atoms with van der Waals surface area (Å²) < 4.78 is 33.7. The van der Waals surface area contributed by atoms with Crippen LogP contribution in [0.25, 0.3) is 0 Å². The fourth-order valence-electron chi connectivity index (χ4n) is 3.63. The molecular formula is C27H36O6. The highest BCUT2D eigenvalue weighted by molar-refractivity contribution is 5.41. The van der Waals surface area contributed by atoms with E-state index in [1.165, 1.54) is 11.1 Å². The quantitative estimate of drug-likeness (QED) is 0.406. The summed E-state index contributed by atoms with van der Waals surface area (Å²) in [5, 5.41) is 0. The Labute approximate surface area is 197 Å². The van der Waals surface area contributed by atoms with Crippen molar-refractivity contribution in [1.82, 2.24) is 0 Å². The molecule has 4 atom stereocenters. The summed E-state index contributed by atoms with van der Waals surface area (Å²) in [6, 6.07) is 16.6. The molecule has 6 nitrogen and oxygen atoms in total. The maximum atomic E-state index is 5.89. The lowest BCUT2D eigenvalue weighted by molar-refractivity contribution is -0.236.